The second kappa shape index (κ2) is 7.47. The van der Waals surface area contributed by atoms with Gasteiger partial charge in [-0.1, -0.05) is 35.3 Å². The molecule has 6 rings (SSSR count). The van der Waals surface area contributed by atoms with Crippen LogP contribution in [-0.2, 0) is 13.5 Å². The highest BCUT2D eigenvalue weighted by Gasteiger charge is 2.31. The number of pyridine rings is 1. The number of benzene rings is 1. The van der Waals surface area contributed by atoms with E-state index in [1.807, 2.05) is 24.7 Å². The quantitative estimate of drug-likeness (QED) is 0.429. The Hall–Kier alpha value is -3.61. The van der Waals surface area contributed by atoms with Crippen molar-refractivity contribution < 1.29 is 9.26 Å². The number of anilines is 1. The normalized spacial score (nSPS) is 17.6. The van der Waals surface area contributed by atoms with E-state index in [-0.39, 0.29) is 6.10 Å². The highest BCUT2D eigenvalue weighted by molar-refractivity contribution is 5.74. The molecule has 1 atom stereocenters. The molecule has 168 valence electrons. The van der Waals surface area contributed by atoms with Gasteiger partial charge >= 0.3 is 0 Å². The van der Waals surface area contributed by atoms with Gasteiger partial charge in [-0.25, -0.2) is 4.98 Å². The summed E-state index contributed by atoms with van der Waals surface area (Å²) in [6.45, 7) is 4.13. The molecular weight excluding hydrogens is 414 g/mol. The van der Waals surface area contributed by atoms with Gasteiger partial charge in [-0.05, 0) is 32.8 Å². The van der Waals surface area contributed by atoms with E-state index >= 15 is 0 Å². The highest BCUT2D eigenvalue weighted by Crippen LogP contribution is 2.44. The Balaban J connectivity index is 1.62. The molecule has 1 aliphatic heterocycles. The third-order valence-corrected chi connectivity index (χ3v) is 6.91. The van der Waals surface area contributed by atoms with Crippen LogP contribution in [0.15, 0.2) is 41.2 Å². The minimum Gasteiger partial charge on any atom is -0.482 e. The van der Waals surface area contributed by atoms with Crippen molar-refractivity contribution >= 4 is 5.82 Å². The van der Waals surface area contributed by atoms with Crippen molar-refractivity contribution in [2.75, 3.05) is 5.73 Å². The van der Waals surface area contributed by atoms with Gasteiger partial charge in [-0.15, -0.1) is 0 Å². The van der Waals surface area contributed by atoms with Gasteiger partial charge in [0.25, 0.3) is 0 Å². The first-order valence-corrected chi connectivity index (χ1v) is 11.5. The molecule has 1 aromatic carbocycles. The van der Waals surface area contributed by atoms with E-state index in [0.717, 1.165) is 63.4 Å². The van der Waals surface area contributed by atoms with Crippen LogP contribution in [0.25, 0.3) is 22.4 Å². The number of hydrogen-bond donors (Lipinski definition) is 1. The Morgan fingerprint density at radius 3 is 2.82 bits per heavy atom. The molecule has 0 radical (unpaired) electrons. The number of nitrogen functional groups attached to an aromatic ring is 1. The highest BCUT2D eigenvalue weighted by atomic mass is 16.5. The summed E-state index contributed by atoms with van der Waals surface area (Å²) < 4.78 is 14.3. The van der Waals surface area contributed by atoms with Crippen molar-refractivity contribution in [3.8, 4) is 28.1 Å². The van der Waals surface area contributed by atoms with E-state index in [9.17, 15) is 0 Å². The number of nitrogens with two attached hydrogens (primary N) is 1. The second-order valence-electron chi connectivity index (χ2n) is 9.31. The van der Waals surface area contributed by atoms with E-state index in [1.165, 1.54) is 6.42 Å². The number of fused-ring (bicyclic) bond motifs is 7. The lowest BCUT2D eigenvalue weighted by atomic mass is 9.80. The van der Waals surface area contributed by atoms with Crippen molar-refractivity contribution in [1.29, 1.82) is 0 Å². The first-order chi connectivity index (χ1) is 16.0. The lowest BCUT2D eigenvalue weighted by Gasteiger charge is -2.24. The number of aryl methyl sites for hydroxylation is 2. The third kappa shape index (κ3) is 3.30. The van der Waals surface area contributed by atoms with Gasteiger partial charge in [-0.3, -0.25) is 4.68 Å². The van der Waals surface area contributed by atoms with Crippen LogP contribution in [0.2, 0.25) is 0 Å². The van der Waals surface area contributed by atoms with Crippen LogP contribution in [0.1, 0.15) is 66.4 Å². The van der Waals surface area contributed by atoms with Crippen molar-refractivity contribution in [2.24, 2.45) is 7.05 Å². The Morgan fingerprint density at radius 2 is 2.03 bits per heavy atom. The molecule has 2 N–H and O–H groups in total. The van der Waals surface area contributed by atoms with Crippen LogP contribution in [0.3, 0.4) is 0 Å². The Bertz CT molecular complexity index is 1370. The third-order valence-electron chi connectivity index (χ3n) is 6.91. The van der Waals surface area contributed by atoms with E-state index in [4.69, 9.17) is 20.1 Å². The van der Waals surface area contributed by atoms with Crippen LogP contribution in [0.5, 0.6) is 5.75 Å². The number of ether oxygens (including phenoxy) is 1. The first kappa shape index (κ1) is 20.0. The van der Waals surface area contributed by atoms with Crippen molar-refractivity contribution in [2.45, 2.75) is 51.6 Å². The molecule has 7 nitrogen and oxygen atoms in total. The zero-order valence-electron chi connectivity index (χ0n) is 19.1. The maximum Gasteiger partial charge on any atom is 0.166 e. The summed E-state index contributed by atoms with van der Waals surface area (Å²) in [5.74, 6) is 2.19. The molecule has 2 bridgehead atoms. The standard InChI is InChI=1S/C26H27N5O2/c1-14-7-8-19-20(9-14)15(2)32-22-10-17(12-28-26(22)27)23-21(11-18-13-31(3)29-24(18)19)33-30-25(23)16-5-4-6-16/h7-10,12-13,15-16H,4-6,11H2,1-3H3,(H2,27,28). The largest absolute Gasteiger partial charge is 0.482 e. The topological polar surface area (TPSA) is 92.0 Å². The predicted octanol–water partition coefficient (Wildman–Crippen LogP) is 5.34. The van der Waals surface area contributed by atoms with Crippen LogP contribution in [0, 0.1) is 6.92 Å². The summed E-state index contributed by atoms with van der Waals surface area (Å²) >= 11 is 0. The minimum absolute atomic E-state index is 0.235. The Morgan fingerprint density at radius 1 is 1.18 bits per heavy atom. The number of nitrogens with zero attached hydrogens (tertiary/aromatic N) is 4. The van der Waals surface area contributed by atoms with Gasteiger partial charge in [0.1, 0.15) is 11.9 Å². The molecule has 1 saturated carbocycles. The van der Waals surface area contributed by atoms with E-state index in [2.05, 4.69) is 41.5 Å². The van der Waals surface area contributed by atoms with Gasteiger partial charge in [0.2, 0.25) is 0 Å². The fourth-order valence-electron chi connectivity index (χ4n) is 4.97. The van der Waals surface area contributed by atoms with Gasteiger partial charge in [-0.2, -0.15) is 5.10 Å². The maximum atomic E-state index is 6.42. The first-order valence-electron chi connectivity index (χ1n) is 11.5. The lowest BCUT2D eigenvalue weighted by Crippen LogP contribution is -2.11. The SMILES string of the molecule is Cc1ccc2c(c1)C(C)Oc1cc(cnc1N)-c1c(C3CCC3)noc1Cc1cn(C)nc1-2. The molecule has 0 saturated heterocycles. The van der Waals surface area contributed by atoms with Crippen molar-refractivity contribution in [1.82, 2.24) is 19.9 Å². The summed E-state index contributed by atoms with van der Waals surface area (Å²) in [4.78, 5) is 4.47. The summed E-state index contributed by atoms with van der Waals surface area (Å²) in [6, 6.07) is 8.38. The van der Waals surface area contributed by atoms with Crippen molar-refractivity contribution in [3.05, 3.63) is 64.8 Å². The summed E-state index contributed by atoms with van der Waals surface area (Å²) in [5, 5.41) is 9.37. The molecular formula is C26H27N5O2. The fraction of sp³-hybridized carbons (Fsp3) is 0.346. The van der Waals surface area contributed by atoms with E-state index in [0.29, 0.717) is 23.9 Å². The van der Waals surface area contributed by atoms with Gasteiger partial charge in [0, 0.05) is 54.0 Å². The molecule has 33 heavy (non-hydrogen) atoms. The maximum absolute atomic E-state index is 6.42. The van der Waals surface area contributed by atoms with Crippen LogP contribution >= 0.6 is 0 Å². The molecule has 7 heteroatoms. The zero-order chi connectivity index (χ0) is 22.7. The van der Waals surface area contributed by atoms with Crippen LogP contribution in [0.4, 0.5) is 5.82 Å². The van der Waals surface area contributed by atoms with Crippen molar-refractivity contribution in [3.63, 3.8) is 0 Å². The Kier molecular flexibility index (Phi) is 4.54. The monoisotopic (exact) mass is 441 g/mol. The Labute approximate surface area is 192 Å². The molecule has 0 amide bonds. The molecule has 1 aliphatic carbocycles. The molecule has 3 aromatic heterocycles. The molecule has 4 heterocycles. The number of rotatable bonds is 1. The molecule has 1 fully saturated rings. The smallest absolute Gasteiger partial charge is 0.166 e. The van der Waals surface area contributed by atoms with Crippen LogP contribution in [-0.4, -0.2) is 19.9 Å². The van der Waals surface area contributed by atoms with Gasteiger partial charge in [0.05, 0.1) is 17.0 Å². The number of hydrogen-bond acceptors (Lipinski definition) is 6. The van der Waals surface area contributed by atoms with Crippen LogP contribution < -0.4 is 10.5 Å². The minimum atomic E-state index is -0.235. The van der Waals surface area contributed by atoms with E-state index in [1.54, 1.807) is 6.20 Å². The molecule has 1 unspecified atom stereocenters. The molecule has 2 aliphatic rings. The summed E-state index contributed by atoms with van der Waals surface area (Å²) in [5.41, 5.74) is 14.5. The average molecular weight is 442 g/mol. The fourth-order valence-corrected chi connectivity index (χ4v) is 4.97. The average Bonchev–Trinajstić information content (AvgIpc) is 3.31. The summed E-state index contributed by atoms with van der Waals surface area (Å²) in [6.07, 6.45) is 7.72. The summed E-state index contributed by atoms with van der Waals surface area (Å²) in [7, 11) is 1.95. The zero-order valence-corrected chi connectivity index (χ0v) is 19.1. The lowest BCUT2D eigenvalue weighted by molar-refractivity contribution is 0.228. The predicted molar refractivity (Wildman–Crippen MR) is 126 cm³/mol. The molecule has 4 aromatic rings. The van der Waals surface area contributed by atoms with E-state index < -0.39 is 0 Å². The van der Waals surface area contributed by atoms with Gasteiger partial charge < -0.3 is 15.0 Å². The van der Waals surface area contributed by atoms with Gasteiger partial charge in [0.15, 0.2) is 11.6 Å². The second-order valence-corrected chi connectivity index (χ2v) is 9.31. The number of aromatic nitrogens is 4. The molecule has 0 spiro atoms.